The number of para-hydroxylation sites is 1. The van der Waals surface area contributed by atoms with Crippen molar-refractivity contribution >= 4 is 17.5 Å². The molecule has 3 N–H and O–H groups in total. The number of amides is 2. The molecule has 0 aromatic heterocycles. The van der Waals surface area contributed by atoms with Crippen LogP contribution in [-0.4, -0.2) is 29.1 Å². The summed E-state index contributed by atoms with van der Waals surface area (Å²) < 4.78 is 5.78. The van der Waals surface area contributed by atoms with E-state index in [-0.39, 0.29) is 5.91 Å². The van der Waals surface area contributed by atoms with E-state index in [1.807, 2.05) is 60.7 Å². The van der Waals surface area contributed by atoms with Gasteiger partial charge in [-0.15, -0.1) is 6.58 Å². The van der Waals surface area contributed by atoms with Crippen molar-refractivity contribution in [1.82, 2.24) is 5.32 Å². The molecule has 33 heavy (non-hydrogen) atoms. The number of aliphatic hydroxyl groups excluding tert-OH is 1. The molecule has 0 fully saturated rings. The first-order chi connectivity index (χ1) is 16.0. The molecule has 3 aromatic rings. The van der Waals surface area contributed by atoms with Crippen LogP contribution >= 0.6 is 0 Å². The second kappa shape index (κ2) is 11.6. The largest absolute Gasteiger partial charge is 0.457 e. The highest BCUT2D eigenvalue weighted by Gasteiger charge is 2.27. The molecule has 0 spiro atoms. The monoisotopic (exact) mass is 444 g/mol. The van der Waals surface area contributed by atoms with Gasteiger partial charge in [-0.1, -0.05) is 54.6 Å². The van der Waals surface area contributed by atoms with Crippen molar-refractivity contribution in [3.05, 3.63) is 103 Å². The lowest BCUT2D eigenvalue weighted by Crippen LogP contribution is -2.48. The Kier molecular flexibility index (Phi) is 8.38. The van der Waals surface area contributed by atoms with Crippen LogP contribution in [0.2, 0.25) is 0 Å². The zero-order valence-electron chi connectivity index (χ0n) is 18.5. The van der Waals surface area contributed by atoms with Gasteiger partial charge in [-0.2, -0.15) is 0 Å². The van der Waals surface area contributed by atoms with Crippen molar-refractivity contribution in [2.45, 2.75) is 25.5 Å². The fraction of sp³-hybridized carbons (Fsp3) is 0.185. The van der Waals surface area contributed by atoms with E-state index >= 15 is 0 Å². The molecule has 2 amide bonds. The summed E-state index contributed by atoms with van der Waals surface area (Å²) in [6.07, 6.45) is 0.764. The van der Waals surface area contributed by atoms with Gasteiger partial charge in [-0.3, -0.25) is 9.59 Å². The van der Waals surface area contributed by atoms with Gasteiger partial charge in [0.05, 0.1) is 12.0 Å². The molecule has 2 unspecified atom stereocenters. The topological polar surface area (TPSA) is 87.7 Å². The number of benzene rings is 3. The molecular weight excluding hydrogens is 416 g/mol. The van der Waals surface area contributed by atoms with E-state index in [4.69, 9.17) is 4.74 Å². The standard InChI is InChI=1S/C27H28N2O4/c1-3-24(19(2)30)26(31)29-25(18-20-10-6-4-7-11-20)27(32)28-21-14-16-23(17-15-21)33-22-12-8-5-9-13-22/h3-17,19,24-25,30H,1,18H2,2H3,(H,28,32)(H,29,31)/t19-,24?,25?/m1/s1. The Morgan fingerprint density at radius 1 is 0.909 bits per heavy atom. The lowest BCUT2D eigenvalue weighted by atomic mass is 10.0. The van der Waals surface area contributed by atoms with Gasteiger partial charge in [0, 0.05) is 12.1 Å². The summed E-state index contributed by atoms with van der Waals surface area (Å²) in [7, 11) is 0. The average Bonchev–Trinajstić information content (AvgIpc) is 2.81. The van der Waals surface area contributed by atoms with E-state index in [1.54, 1.807) is 24.3 Å². The van der Waals surface area contributed by atoms with Crippen LogP contribution in [0.1, 0.15) is 12.5 Å². The number of carbonyl (C=O) groups excluding carboxylic acids is 2. The maximum absolute atomic E-state index is 13.1. The molecule has 3 rings (SSSR count). The van der Waals surface area contributed by atoms with Crippen molar-refractivity contribution in [3.8, 4) is 11.5 Å². The Morgan fingerprint density at radius 3 is 2.06 bits per heavy atom. The minimum absolute atomic E-state index is 0.303. The van der Waals surface area contributed by atoms with Gasteiger partial charge in [0.1, 0.15) is 17.5 Å². The van der Waals surface area contributed by atoms with Crippen molar-refractivity contribution in [2.24, 2.45) is 5.92 Å². The van der Waals surface area contributed by atoms with E-state index in [0.717, 1.165) is 11.3 Å². The second-order valence-electron chi connectivity index (χ2n) is 7.68. The Labute approximate surface area is 193 Å². The Bertz CT molecular complexity index is 1050. The number of nitrogens with one attached hydrogen (secondary N) is 2. The fourth-order valence-electron chi connectivity index (χ4n) is 3.31. The maximum atomic E-state index is 13.1. The SMILES string of the molecule is C=CC(C(=O)NC(Cc1ccccc1)C(=O)Nc1ccc(Oc2ccccc2)cc1)[C@@H](C)O. The van der Waals surface area contributed by atoms with Gasteiger partial charge in [0.25, 0.3) is 0 Å². The average molecular weight is 445 g/mol. The quantitative estimate of drug-likeness (QED) is 0.406. The van der Waals surface area contributed by atoms with Gasteiger partial charge < -0.3 is 20.5 Å². The molecule has 3 atom stereocenters. The summed E-state index contributed by atoms with van der Waals surface area (Å²) in [5.41, 5.74) is 1.47. The molecule has 0 aliphatic rings. The summed E-state index contributed by atoms with van der Waals surface area (Å²) in [5, 5.41) is 15.4. The molecule has 0 heterocycles. The molecule has 0 saturated heterocycles. The van der Waals surface area contributed by atoms with Crippen LogP contribution in [0.15, 0.2) is 97.6 Å². The number of hydrogen-bond donors (Lipinski definition) is 3. The van der Waals surface area contributed by atoms with Crippen LogP contribution in [0.25, 0.3) is 0 Å². The minimum atomic E-state index is -0.917. The van der Waals surface area contributed by atoms with E-state index in [0.29, 0.717) is 17.9 Å². The van der Waals surface area contributed by atoms with Crippen molar-refractivity contribution in [1.29, 1.82) is 0 Å². The molecule has 6 nitrogen and oxygen atoms in total. The first-order valence-corrected chi connectivity index (χ1v) is 10.7. The fourth-order valence-corrected chi connectivity index (χ4v) is 3.31. The highest BCUT2D eigenvalue weighted by molar-refractivity contribution is 5.98. The number of rotatable bonds is 10. The minimum Gasteiger partial charge on any atom is -0.457 e. The number of carbonyl (C=O) groups is 2. The van der Waals surface area contributed by atoms with Crippen LogP contribution in [0, 0.1) is 5.92 Å². The molecule has 0 aliphatic carbocycles. The number of hydrogen-bond acceptors (Lipinski definition) is 4. The van der Waals surface area contributed by atoms with E-state index < -0.39 is 24.0 Å². The lowest BCUT2D eigenvalue weighted by molar-refractivity contribution is -0.130. The van der Waals surface area contributed by atoms with E-state index in [1.165, 1.54) is 13.0 Å². The number of anilines is 1. The zero-order valence-corrected chi connectivity index (χ0v) is 18.5. The van der Waals surface area contributed by atoms with Crippen LogP contribution in [0.3, 0.4) is 0 Å². The summed E-state index contributed by atoms with van der Waals surface area (Å²) in [5.74, 6) is -0.278. The molecule has 0 bridgehead atoms. The van der Waals surface area contributed by atoms with Gasteiger partial charge in [0.15, 0.2) is 0 Å². The van der Waals surface area contributed by atoms with Crippen molar-refractivity contribution in [3.63, 3.8) is 0 Å². The van der Waals surface area contributed by atoms with E-state index in [2.05, 4.69) is 17.2 Å². The predicted molar refractivity (Wildman–Crippen MR) is 129 cm³/mol. The summed E-state index contributed by atoms with van der Waals surface area (Å²) in [6.45, 7) is 5.12. The Balaban J connectivity index is 1.70. The maximum Gasteiger partial charge on any atom is 0.247 e. The summed E-state index contributed by atoms with van der Waals surface area (Å²) >= 11 is 0. The molecule has 0 saturated carbocycles. The smallest absolute Gasteiger partial charge is 0.247 e. The third kappa shape index (κ3) is 7.05. The third-order valence-electron chi connectivity index (χ3n) is 5.09. The van der Waals surface area contributed by atoms with Gasteiger partial charge in [-0.25, -0.2) is 0 Å². The van der Waals surface area contributed by atoms with Crippen LogP contribution in [-0.2, 0) is 16.0 Å². The predicted octanol–water partition coefficient (Wildman–Crippen LogP) is 4.33. The number of aliphatic hydroxyl groups is 1. The van der Waals surface area contributed by atoms with Crippen LogP contribution in [0.5, 0.6) is 11.5 Å². The van der Waals surface area contributed by atoms with Crippen LogP contribution in [0.4, 0.5) is 5.69 Å². The normalized spacial score (nSPS) is 13.3. The first kappa shape index (κ1) is 23.8. The highest BCUT2D eigenvalue weighted by Crippen LogP contribution is 2.23. The third-order valence-corrected chi connectivity index (χ3v) is 5.09. The van der Waals surface area contributed by atoms with E-state index in [9.17, 15) is 14.7 Å². The van der Waals surface area contributed by atoms with Gasteiger partial charge in [-0.05, 0) is 48.9 Å². The number of ether oxygens (including phenoxy) is 1. The van der Waals surface area contributed by atoms with Crippen molar-refractivity contribution in [2.75, 3.05) is 5.32 Å². The van der Waals surface area contributed by atoms with Gasteiger partial charge in [0.2, 0.25) is 11.8 Å². The molecule has 0 radical (unpaired) electrons. The molecule has 6 heteroatoms. The Hall–Kier alpha value is -3.90. The van der Waals surface area contributed by atoms with Gasteiger partial charge >= 0.3 is 0 Å². The summed E-state index contributed by atoms with van der Waals surface area (Å²) in [6, 6.07) is 25.0. The lowest BCUT2D eigenvalue weighted by Gasteiger charge is -2.22. The molecule has 170 valence electrons. The Morgan fingerprint density at radius 2 is 1.48 bits per heavy atom. The molecule has 0 aliphatic heterocycles. The molecular formula is C27H28N2O4. The highest BCUT2D eigenvalue weighted by atomic mass is 16.5. The summed E-state index contributed by atoms with van der Waals surface area (Å²) in [4.78, 5) is 25.7. The molecule has 3 aromatic carbocycles. The zero-order chi connectivity index (χ0) is 23.6. The van der Waals surface area contributed by atoms with Crippen molar-refractivity contribution < 1.29 is 19.4 Å². The van der Waals surface area contributed by atoms with Crippen LogP contribution < -0.4 is 15.4 Å². The second-order valence-corrected chi connectivity index (χ2v) is 7.68. The first-order valence-electron chi connectivity index (χ1n) is 10.7.